The van der Waals surface area contributed by atoms with E-state index in [1.807, 2.05) is 6.20 Å². The van der Waals surface area contributed by atoms with Gasteiger partial charge in [-0.15, -0.1) is 0 Å². The summed E-state index contributed by atoms with van der Waals surface area (Å²) >= 11 is 0. The van der Waals surface area contributed by atoms with Gasteiger partial charge in [0.15, 0.2) is 0 Å². The lowest BCUT2D eigenvalue weighted by Crippen LogP contribution is -2.29. The van der Waals surface area contributed by atoms with Crippen LogP contribution in [0.2, 0.25) is 0 Å². The molecule has 2 aromatic rings. The van der Waals surface area contributed by atoms with E-state index in [4.69, 9.17) is 4.98 Å². The highest BCUT2D eigenvalue weighted by Crippen LogP contribution is 2.32. The van der Waals surface area contributed by atoms with Gasteiger partial charge in [0.2, 0.25) is 0 Å². The maximum absolute atomic E-state index is 12.9. The van der Waals surface area contributed by atoms with Gasteiger partial charge in [-0.1, -0.05) is 12.1 Å². The molecule has 3 heterocycles. The van der Waals surface area contributed by atoms with Crippen LogP contribution in [0, 0.1) is 0 Å². The smallest absolute Gasteiger partial charge is 0.333 e. The van der Waals surface area contributed by atoms with Crippen molar-refractivity contribution in [1.82, 2.24) is 19.8 Å². The third kappa shape index (κ3) is 4.41. The van der Waals surface area contributed by atoms with Gasteiger partial charge >= 0.3 is 6.18 Å². The summed E-state index contributed by atoms with van der Waals surface area (Å²) in [7, 11) is 0. The quantitative estimate of drug-likeness (QED) is 0.831. The summed E-state index contributed by atoms with van der Waals surface area (Å²) in [5.74, 6) is 1.48. The maximum atomic E-state index is 12.9. The first-order chi connectivity index (χ1) is 13.5. The summed E-state index contributed by atoms with van der Waals surface area (Å²) < 4.78 is 40.8. The molecule has 7 heteroatoms. The Morgan fingerprint density at radius 3 is 2.32 bits per heavy atom. The van der Waals surface area contributed by atoms with Gasteiger partial charge in [-0.2, -0.15) is 13.2 Å². The van der Waals surface area contributed by atoms with Gasteiger partial charge < -0.3 is 14.8 Å². The summed E-state index contributed by atoms with van der Waals surface area (Å²) in [6.45, 7) is 6.17. The number of nitrogens with zero attached hydrogens (tertiary/aromatic N) is 3. The lowest BCUT2D eigenvalue weighted by atomic mass is 9.97. The van der Waals surface area contributed by atoms with Gasteiger partial charge in [0.1, 0.15) is 5.82 Å². The molecule has 0 saturated carbocycles. The van der Waals surface area contributed by atoms with Gasteiger partial charge in [-0.05, 0) is 64.0 Å². The number of piperidine rings is 1. The van der Waals surface area contributed by atoms with E-state index in [0.717, 1.165) is 81.3 Å². The first kappa shape index (κ1) is 19.5. The number of benzene rings is 1. The number of hydrogen-bond donors (Lipinski definition) is 1. The SMILES string of the molecule is FC(F)(F)c1ccc(-c2cn(CCN3CCCC3)c(C3CCNCC3)n2)cc1. The van der Waals surface area contributed by atoms with Crippen molar-refractivity contribution in [2.45, 2.75) is 44.3 Å². The number of alkyl halides is 3. The predicted octanol–water partition coefficient (Wildman–Crippen LogP) is 4.13. The summed E-state index contributed by atoms with van der Waals surface area (Å²) in [6, 6.07) is 5.34. The van der Waals surface area contributed by atoms with Gasteiger partial charge in [0.25, 0.3) is 0 Å². The molecule has 0 radical (unpaired) electrons. The van der Waals surface area contributed by atoms with E-state index in [0.29, 0.717) is 5.92 Å². The molecule has 28 heavy (non-hydrogen) atoms. The van der Waals surface area contributed by atoms with Crippen LogP contribution in [0.5, 0.6) is 0 Å². The molecule has 2 fully saturated rings. The molecule has 2 saturated heterocycles. The largest absolute Gasteiger partial charge is 0.416 e. The third-order valence-electron chi connectivity index (χ3n) is 5.88. The zero-order valence-corrected chi connectivity index (χ0v) is 16.0. The summed E-state index contributed by atoms with van der Waals surface area (Å²) in [5.41, 5.74) is 0.884. The number of imidazole rings is 1. The van der Waals surface area contributed by atoms with Crippen molar-refractivity contribution in [3.8, 4) is 11.3 Å². The van der Waals surface area contributed by atoms with Crippen LogP contribution in [0.15, 0.2) is 30.5 Å². The molecule has 0 aliphatic carbocycles. The van der Waals surface area contributed by atoms with Crippen LogP contribution < -0.4 is 5.32 Å². The van der Waals surface area contributed by atoms with Crippen LogP contribution in [0.25, 0.3) is 11.3 Å². The van der Waals surface area contributed by atoms with Gasteiger partial charge in [-0.3, -0.25) is 0 Å². The molecule has 2 aliphatic heterocycles. The fourth-order valence-corrected chi connectivity index (χ4v) is 4.24. The zero-order chi connectivity index (χ0) is 19.6. The van der Waals surface area contributed by atoms with Crippen molar-refractivity contribution in [3.05, 3.63) is 41.9 Å². The van der Waals surface area contributed by atoms with Gasteiger partial charge in [0.05, 0.1) is 11.3 Å². The number of hydrogen-bond acceptors (Lipinski definition) is 3. The van der Waals surface area contributed by atoms with Crippen LogP contribution in [0.4, 0.5) is 13.2 Å². The van der Waals surface area contributed by atoms with Crippen molar-refractivity contribution in [1.29, 1.82) is 0 Å². The molecule has 2 aliphatic rings. The minimum Gasteiger partial charge on any atom is -0.333 e. The standard InChI is InChI=1S/C21H27F3N4/c22-21(23,24)18-5-3-16(4-6-18)19-15-28(14-13-27-11-1-2-12-27)20(26-19)17-7-9-25-10-8-17/h3-6,15,17,25H,1-2,7-14H2. The van der Waals surface area contributed by atoms with E-state index in [-0.39, 0.29) is 0 Å². The molecule has 1 N–H and O–H groups in total. The number of halogens is 3. The minimum absolute atomic E-state index is 0.406. The number of nitrogens with one attached hydrogen (secondary N) is 1. The van der Waals surface area contributed by atoms with Crippen LogP contribution in [-0.2, 0) is 12.7 Å². The van der Waals surface area contributed by atoms with Crippen molar-refractivity contribution in [2.24, 2.45) is 0 Å². The van der Waals surface area contributed by atoms with Gasteiger partial charge in [-0.25, -0.2) is 4.98 Å². The normalized spacial score (nSPS) is 19.4. The molecule has 4 rings (SSSR count). The Morgan fingerprint density at radius 2 is 1.68 bits per heavy atom. The molecule has 1 aromatic carbocycles. The summed E-state index contributed by atoms with van der Waals surface area (Å²) in [6.07, 6.45) is 2.34. The molecule has 0 amide bonds. The third-order valence-corrected chi connectivity index (χ3v) is 5.88. The second-order valence-electron chi connectivity index (χ2n) is 7.83. The average Bonchev–Trinajstić information content (AvgIpc) is 3.36. The Labute approximate surface area is 163 Å². The Hall–Kier alpha value is -1.86. The van der Waals surface area contributed by atoms with E-state index in [9.17, 15) is 13.2 Å². The van der Waals surface area contributed by atoms with Crippen LogP contribution in [0.3, 0.4) is 0 Å². The molecule has 0 bridgehead atoms. The molecular weight excluding hydrogens is 365 g/mol. The first-order valence-electron chi connectivity index (χ1n) is 10.2. The highest BCUT2D eigenvalue weighted by molar-refractivity contribution is 5.59. The van der Waals surface area contributed by atoms with E-state index in [1.54, 1.807) is 0 Å². The lowest BCUT2D eigenvalue weighted by molar-refractivity contribution is -0.137. The first-order valence-corrected chi connectivity index (χ1v) is 10.2. The number of rotatable bonds is 5. The van der Waals surface area contributed by atoms with Crippen LogP contribution in [-0.4, -0.2) is 47.2 Å². The maximum Gasteiger partial charge on any atom is 0.416 e. The Balaban J connectivity index is 1.58. The molecule has 152 valence electrons. The Morgan fingerprint density at radius 1 is 1.00 bits per heavy atom. The molecule has 0 unspecified atom stereocenters. The molecular formula is C21H27F3N4. The highest BCUT2D eigenvalue weighted by atomic mass is 19.4. The summed E-state index contributed by atoms with van der Waals surface area (Å²) in [4.78, 5) is 7.35. The fourth-order valence-electron chi connectivity index (χ4n) is 4.24. The topological polar surface area (TPSA) is 33.1 Å². The van der Waals surface area contributed by atoms with Gasteiger partial charge in [0, 0.05) is 30.8 Å². The van der Waals surface area contributed by atoms with E-state index in [2.05, 4.69) is 14.8 Å². The number of likely N-dealkylation sites (tertiary alicyclic amines) is 1. The van der Waals surface area contributed by atoms with E-state index < -0.39 is 11.7 Å². The van der Waals surface area contributed by atoms with Crippen LogP contribution >= 0.6 is 0 Å². The lowest BCUT2D eigenvalue weighted by Gasteiger charge is -2.24. The fraction of sp³-hybridized carbons (Fsp3) is 0.571. The molecule has 0 atom stereocenters. The minimum atomic E-state index is -4.31. The Kier molecular flexibility index (Phi) is 5.73. The zero-order valence-electron chi connectivity index (χ0n) is 16.0. The second kappa shape index (κ2) is 8.25. The van der Waals surface area contributed by atoms with Crippen molar-refractivity contribution >= 4 is 0 Å². The monoisotopic (exact) mass is 392 g/mol. The average molecular weight is 392 g/mol. The molecule has 4 nitrogen and oxygen atoms in total. The highest BCUT2D eigenvalue weighted by Gasteiger charge is 2.30. The van der Waals surface area contributed by atoms with Crippen molar-refractivity contribution in [3.63, 3.8) is 0 Å². The van der Waals surface area contributed by atoms with Crippen LogP contribution in [0.1, 0.15) is 43.0 Å². The van der Waals surface area contributed by atoms with Crippen molar-refractivity contribution in [2.75, 3.05) is 32.7 Å². The number of aromatic nitrogens is 2. The van der Waals surface area contributed by atoms with E-state index in [1.165, 1.54) is 25.0 Å². The molecule has 1 aromatic heterocycles. The summed E-state index contributed by atoms with van der Waals surface area (Å²) in [5, 5.41) is 3.39. The van der Waals surface area contributed by atoms with E-state index >= 15 is 0 Å². The van der Waals surface area contributed by atoms with Crippen molar-refractivity contribution < 1.29 is 13.2 Å². The molecule has 0 spiro atoms. The Bertz CT molecular complexity index is 770. The predicted molar refractivity (Wildman–Crippen MR) is 103 cm³/mol. The second-order valence-corrected chi connectivity index (χ2v) is 7.83.